The largest absolute Gasteiger partial charge is 0.378 e. The van der Waals surface area contributed by atoms with Crippen molar-refractivity contribution in [1.29, 1.82) is 0 Å². The van der Waals surface area contributed by atoms with Crippen molar-refractivity contribution < 1.29 is 14.0 Å². The molecular formula is C18H19FN4O2. The number of carbonyl (C=O) groups excluding carboxylic acids is 2. The lowest BCUT2D eigenvalue weighted by atomic mass is 10.2. The van der Waals surface area contributed by atoms with Crippen molar-refractivity contribution >= 4 is 29.4 Å². The molecule has 0 bridgehead atoms. The van der Waals surface area contributed by atoms with Gasteiger partial charge in [0.05, 0.1) is 6.21 Å². The molecule has 0 unspecified atom stereocenters. The van der Waals surface area contributed by atoms with Gasteiger partial charge < -0.3 is 10.2 Å². The van der Waals surface area contributed by atoms with E-state index in [-0.39, 0.29) is 6.42 Å². The van der Waals surface area contributed by atoms with Gasteiger partial charge in [-0.1, -0.05) is 12.1 Å². The number of hydrazone groups is 1. The lowest BCUT2D eigenvalue weighted by Crippen LogP contribution is -2.24. The van der Waals surface area contributed by atoms with Gasteiger partial charge in [-0.05, 0) is 42.0 Å². The van der Waals surface area contributed by atoms with Gasteiger partial charge in [0.15, 0.2) is 0 Å². The number of hydrogen-bond acceptors (Lipinski definition) is 4. The van der Waals surface area contributed by atoms with Crippen molar-refractivity contribution in [2.75, 3.05) is 24.3 Å². The van der Waals surface area contributed by atoms with E-state index in [0.29, 0.717) is 5.69 Å². The predicted molar refractivity (Wildman–Crippen MR) is 96.2 cm³/mol. The Morgan fingerprint density at radius 1 is 1.04 bits per heavy atom. The van der Waals surface area contributed by atoms with Crippen LogP contribution in [0.5, 0.6) is 0 Å². The molecule has 0 saturated heterocycles. The second-order valence-electron chi connectivity index (χ2n) is 5.51. The van der Waals surface area contributed by atoms with E-state index >= 15 is 0 Å². The van der Waals surface area contributed by atoms with Crippen LogP contribution in [-0.4, -0.2) is 32.1 Å². The van der Waals surface area contributed by atoms with Crippen molar-refractivity contribution in [2.24, 2.45) is 5.10 Å². The SMILES string of the molecule is CN(C)c1ccc(C=NNC(=O)CC(=O)Nc2ccc(F)cc2)cc1. The molecule has 0 aromatic heterocycles. The first-order valence-corrected chi connectivity index (χ1v) is 7.59. The summed E-state index contributed by atoms with van der Waals surface area (Å²) < 4.78 is 12.8. The monoisotopic (exact) mass is 342 g/mol. The van der Waals surface area contributed by atoms with Crippen LogP contribution in [0, 0.1) is 5.82 Å². The quantitative estimate of drug-likeness (QED) is 0.481. The van der Waals surface area contributed by atoms with E-state index in [1.807, 2.05) is 43.3 Å². The van der Waals surface area contributed by atoms with Gasteiger partial charge in [-0.15, -0.1) is 0 Å². The van der Waals surface area contributed by atoms with Crippen LogP contribution in [0.2, 0.25) is 0 Å². The molecule has 0 heterocycles. The Kier molecular flexibility index (Phi) is 6.22. The maximum absolute atomic E-state index is 12.8. The molecule has 2 amide bonds. The highest BCUT2D eigenvalue weighted by atomic mass is 19.1. The Labute approximate surface area is 145 Å². The van der Waals surface area contributed by atoms with Crippen LogP contribution in [0.1, 0.15) is 12.0 Å². The minimum atomic E-state index is -0.541. The molecule has 25 heavy (non-hydrogen) atoms. The fourth-order valence-corrected chi connectivity index (χ4v) is 1.96. The lowest BCUT2D eigenvalue weighted by molar-refractivity contribution is -0.126. The summed E-state index contributed by atoms with van der Waals surface area (Å²) in [6, 6.07) is 12.9. The molecule has 0 aliphatic carbocycles. The number of anilines is 2. The first-order valence-electron chi connectivity index (χ1n) is 7.59. The van der Waals surface area contributed by atoms with Gasteiger partial charge in [0.25, 0.3) is 0 Å². The minimum Gasteiger partial charge on any atom is -0.378 e. The molecule has 0 fully saturated rings. The van der Waals surface area contributed by atoms with Crippen LogP contribution in [0.4, 0.5) is 15.8 Å². The summed E-state index contributed by atoms with van der Waals surface area (Å²) in [5.41, 5.74) is 4.59. The van der Waals surface area contributed by atoms with Gasteiger partial charge >= 0.3 is 0 Å². The number of nitrogens with one attached hydrogen (secondary N) is 2. The van der Waals surface area contributed by atoms with Gasteiger partial charge in [0, 0.05) is 25.5 Å². The van der Waals surface area contributed by atoms with Gasteiger partial charge in [-0.3, -0.25) is 9.59 Å². The number of amides is 2. The summed E-state index contributed by atoms with van der Waals surface area (Å²) in [4.78, 5) is 25.4. The molecular weight excluding hydrogens is 323 g/mol. The topological polar surface area (TPSA) is 73.8 Å². The fourth-order valence-electron chi connectivity index (χ4n) is 1.96. The van der Waals surface area contributed by atoms with Crippen LogP contribution >= 0.6 is 0 Å². The fraction of sp³-hybridized carbons (Fsp3) is 0.167. The van der Waals surface area contributed by atoms with Crippen LogP contribution in [-0.2, 0) is 9.59 Å². The molecule has 0 radical (unpaired) electrons. The lowest BCUT2D eigenvalue weighted by Gasteiger charge is -2.11. The highest BCUT2D eigenvalue weighted by Gasteiger charge is 2.08. The number of nitrogens with zero attached hydrogens (tertiary/aromatic N) is 2. The number of rotatable bonds is 6. The second-order valence-corrected chi connectivity index (χ2v) is 5.51. The van der Waals surface area contributed by atoms with E-state index in [1.54, 1.807) is 0 Å². The van der Waals surface area contributed by atoms with Crippen molar-refractivity contribution in [1.82, 2.24) is 5.43 Å². The van der Waals surface area contributed by atoms with E-state index in [0.717, 1.165) is 11.3 Å². The van der Waals surface area contributed by atoms with E-state index in [9.17, 15) is 14.0 Å². The molecule has 0 saturated carbocycles. The van der Waals surface area contributed by atoms with Gasteiger partial charge in [-0.2, -0.15) is 5.10 Å². The zero-order chi connectivity index (χ0) is 18.2. The molecule has 2 aromatic rings. The molecule has 130 valence electrons. The normalized spacial score (nSPS) is 10.5. The average Bonchev–Trinajstić information content (AvgIpc) is 2.57. The molecule has 0 spiro atoms. The van der Waals surface area contributed by atoms with Crippen molar-refractivity contribution in [3.8, 4) is 0 Å². The third kappa shape index (κ3) is 6.06. The van der Waals surface area contributed by atoms with Gasteiger partial charge in [-0.25, -0.2) is 9.82 Å². The molecule has 0 aliphatic rings. The molecule has 2 rings (SSSR count). The average molecular weight is 342 g/mol. The van der Waals surface area contributed by atoms with E-state index < -0.39 is 17.6 Å². The van der Waals surface area contributed by atoms with E-state index in [2.05, 4.69) is 15.8 Å². The van der Waals surface area contributed by atoms with Gasteiger partial charge in [0.2, 0.25) is 11.8 Å². The van der Waals surface area contributed by atoms with Crippen molar-refractivity contribution in [2.45, 2.75) is 6.42 Å². The zero-order valence-corrected chi connectivity index (χ0v) is 14.0. The highest BCUT2D eigenvalue weighted by molar-refractivity contribution is 6.03. The first-order chi connectivity index (χ1) is 11.9. The minimum absolute atomic E-state index is 0.381. The zero-order valence-electron chi connectivity index (χ0n) is 14.0. The smallest absolute Gasteiger partial charge is 0.249 e. The van der Waals surface area contributed by atoms with Gasteiger partial charge in [0.1, 0.15) is 12.2 Å². The molecule has 0 aliphatic heterocycles. The standard InChI is InChI=1S/C18H19FN4O2/c1-23(2)16-9-3-13(4-10-16)12-20-22-18(25)11-17(24)21-15-7-5-14(19)6-8-15/h3-10,12H,11H2,1-2H3,(H,21,24)(H,22,25). The Hall–Kier alpha value is -3.22. The Morgan fingerprint density at radius 3 is 2.28 bits per heavy atom. The summed E-state index contributed by atoms with van der Waals surface area (Å²) in [5.74, 6) is -1.45. The van der Waals surface area contributed by atoms with Crippen LogP contribution in [0.25, 0.3) is 0 Å². The summed E-state index contributed by atoms with van der Waals surface area (Å²) in [5, 5.41) is 6.32. The third-order valence-corrected chi connectivity index (χ3v) is 3.26. The maximum atomic E-state index is 12.8. The summed E-state index contributed by atoms with van der Waals surface area (Å²) in [6.07, 6.45) is 1.11. The molecule has 2 aromatic carbocycles. The Morgan fingerprint density at radius 2 is 1.68 bits per heavy atom. The first kappa shape index (κ1) is 18.1. The van der Waals surface area contributed by atoms with Crippen LogP contribution in [0.15, 0.2) is 53.6 Å². The number of carbonyl (C=O) groups is 2. The van der Waals surface area contributed by atoms with E-state index in [4.69, 9.17) is 0 Å². The summed E-state index contributed by atoms with van der Waals surface area (Å²) >= 11 is 0. The number of benzene rings is 2. The maximum Gasteiger partial charge on any atom is 0.249 e. The summed E-state index contributed by atoms with van der Waals surface area (Å²) in [6.45, 7) is 0. The molecule has 6 nitrogen and oxygen atoms in total. The predicted octanol–water partition coefficient (Wildman–Crippen LogP) is 2.37. The van der Waals surface area contributed by atoms with Crippen LogP contribution < -0.4 is 15.6 Å². The summed E-state index contributed by atoms with van der Waals surface area (Å²) in [7, 11) is 3.89. The van der Waals surface area contributed by atoms with Crippen molar-refractivity contribution in [3.63, 3.8) is 0 Å². The molecule has 7 heteroatoms. The highest BCUT2D eigenvalue weighted by Crippen LogP contribution is 2.11. The number of halogens is 1. The molecule has 0 atom stereocenters. The number of hydrogen-bond donors (Lipinski definition) is 2. The second kappa shape index (κ2) is 8.58. The van der Waals surface area contributed by atoms with E-state index in [1.165, 1.54) is 30.5 Å². The molecule has 2 N–H and O–H groups in total. The van der Waals surface area contributed by atoms with Crippen LogP contribution in [0.3, 0.4) is 0 Å². The third-order valence-electron chi connectivity index (χ3n) is 3.26. The Balaban J connectivity index is 1.79. The van der Waals surface area contributed by atoms with Crippen molar-refractivity contribution in [3.05, 3.63) is 59.9 Å². The Bertz CT molecular complexity index is 756.